The highest BCUT2D eigenvalue weighted by Crippen LogP contribution is 2.12. The predicted molar refractivity (Wildman–Crippen MR) is 53.4 cm³/mol. The summed E-state index contributed by atoms with van der Waals surface area (Å²) in [6.07, 6.45) is 2.83. The van der Waals surface area contributed by atoms with Gasteiger partial charge in [-0.2, -0.15) is 5.10 Å². The van der Waals surface area contributed by atoms with Crippen LogP contribution in [0.1, 0.15) is 12.6 Å². The maximum Gasteiger partial charge on any atom is 0.328 e. The number of aromatic nitrogens is 2. The lowest BCUT2D eigenvalue weighted by atomic mass is 10.3. The third-order valence-electron chi connectivity index (χ3n) is 1.67. The molecular formula is C9H11ClN2O2. The minimum Gasteiger partial charge on any atom is -0.478 e. The van der Waals surface area contributed by atoms with Gasteiger partial charge in [-0.15, -0.1) is 0 Å². The number of rotatable bonds is 3. The average Bonchev–Trinajstić information content (AvgIpc) is 2.28. The number of nitrogens with zero attached hydrogens (tertiary/aromatic N) is 2. The van der Waals surface area contributed by atoms with Gasteiger partial charge in [-0.1, -0.05) is 11.6 Å². The molecule has 1 heterocycles. The van der Waals surface area contributed by atoms with E-state index >= 15 is 0 Å². The Kier molecular flexibility index (Phi) is 3.30. The van der Waals surface area contributed by atoms with Crippen molar-refractivity contribution in [2.24, 2.45) is 0 Å². The van der Waals surface area contributed by atoms with Crippen molar-refractivity contribution in [3.05, 3.63) is 28.6 Å². The highest BCUT2D eigenvalue weighted by molar-refractivity contribution is 6.31. The fraction of sp³-hybridized carbons (Fsp3) is 0.333. The summed E-state index contributed by atoms with van der Waals surface area (Å²) < 4.78 is 1.62. The fourth-order valence-corrected chi connectivity index (χ4v) is 1.24. The lowest BCUT2D eigenvalue weighted by Crippen LogP contribution is -2.01. The fourth-order valence-electron chi connectivity index (χ4n) is 1.09. The van der Waals surface area contributed by atoms with Gasteiger partial charge in [0, 0.05) is 12.3 Å². The van der Waals surface area contributed by atoms with Crippen LogP contribution in [0, 0.1) is 6.92 Å². The summed E-state index contributed by atoms with van der Waals surface area (Å²) in [5.41, 5.74) is 1.46. The van der Waals surface area contributed by atoms with Crippen LogP contribution in [0.25, 0.3) is 0 Å². The number of hydrogen-bond donors (Lipinski definition) is 1. The van der Waals surface area contributed by atoms with E-state index in [2.05, 4.69) is 5.10 Å². The molecule has 0 saturated carbocycles. The first-order valence-corrected chi connectivity index (χ1v) is 4.46. The van der Waals surface area contributed by atoms with Crippen molar-refractivity contribution in [3.8, 4) is 0 Å². The summed E-state index contributed by atoms with van der Waals surface area (Å²) in [4.78, 5) is 10.3. The molecule has 4 nitrogen and oxygen atoms in total. The first kappa shape index (κ1) is 10.8. The highest BCUT2D eigenvalue weighted by atomic mass is 35.5. The third kappa shape index (κ3) is 2.88. The van der Waals surface area contributed by atoms with Crippen LogP contribution in [0.2, 0.25) is 5.02 Å². The van der Waals surface area contributed by atoms with E-state index in [9.17, 15) is 4.79 Å². The number of allylic oxidation sites excluding steroid dienone is 1. The summed E-state index contributed by atoms with van der Waals surface area (Å²) in [7, 11) is 0. The molecular weight excluding hydrogens is 204 g/mol. The van der Waals surface area contributed by atoms with Crippen LogP contribution in [0.15, 0.2) is 17.8 Å². The van der Waals surface area contributed by atoms with E-state index in [0.717, 1.165) is 17.3 Å². The molecule has 5 heteroatoms. The topological polar surface area (TPSA) is 55.1 Å². The molecule has 14 heavy (non-hydrogen) atoms. The number of halogens is 1. The van der Waals surface area contributed by atoms with Gasteiger partial charge in [-0.3, -0.25) is 4.68 Å². The minimum absolute atomic E-state index is 0.444. The lowest BCUT2D eigenvalue weighted by molar-refractivity contribution is -0.131. The number of aliphatic carboxylic acids is 1. The van der Waals surface area contributed by atoms with Gasteiger partial charge in [0.2, 0.25) is 0 Å². The van der Waals surface area contributed by atoms with Gasteiger partial charge >= 0.3 is 5.97 Å². The number of carboxylic acids is 1. The Morgan fingerprint density at radius 1 is 1.79 bits per heavy atom. The maximum absolute atomic E-state index is 10.3. The van der Waals surface area contributed by atoms with Gasteiger partial charge in [-0.25, -0.2) is 4.79 Å². The lowest BCUT2D eigenvalue weighted by Gasteiger charge is -1.99. The summed E-state index contributed by atoms with van der Waals surface area (Å²) in [5.74, 6) is -0.947. The van der Waals surface area contributed by atoms with Gasteiger partial charge in [0.15, 0.2) is 0 Å². The van der Waals surface area contributed by atoms with Gasteiger partial charge in [0.05, 0.1) is 17.3 Å². The Labute approximate surface area is 86.8 Å². The zero-order valence-electron chi connectivity index (χ0n) is 7.99. The van der Waals surface area contributed by atoms with Crippen molar-refractivity contribution >= 4 is 17.6 Å². The summed E-state index contributed by atoms with van der Waals surface area (Å²) in [5, 5.41) is 13.2. The summed E-state index contributed by atoms with van der Waals surface area (Å²) in [6.45, 7) is 3.98. The Hall–Kier alpha value is -1.29. The van der Waals surface area contributed by atoms with E-state index in [1.807, 2.05) is 0 Å². The second-order valence-electron chi connectivity index (χ2n) is 3.09. The van der Waals surface area contributed by atoms with E-state index in [1.54, 1.807) is 24.7 Å². The van der Waals surface area contributed by atoms with Crippen molar-refractivity contribution in [1.29, 1.82) is 0 Å². The third-order valence-corrected chi connectivity index (χ3v) is 2.04. The standard InChI is InChI=1S/C9H11ClN2O2/c1-6(3-9(13)14)4-12-5-8(10)7(2)11-12/h3,5H,4H2,1-2H3,(H,13,14). The molecule has 0 amide bonds. The number of carbonyl (C=O) groups is 1. The van der Waals surface area contributed by atoms with Crippen LogP contribution in [-0.4, -0.2) is 20.9 Å². The highest BCUT2D eigenvalue weighted by Gasteiger charge is 2.02. The minimum atomic E-state index is -0.947. The predicted octanol–water partition coefficient (Wildman–Crippen LogP) is 1.88. The van der Waals surface area contributed by atoms with Gasteiger partial charge in [0.25, 0.3) is 0 Å². The molecule has 0 aromatic carbocycles. The smallest absolute Gasteiger partial charge is 0.328 e. The van der Waals surface area contributed by atoms with Crippen LogP contribution in [-0.2, 0) is 11.3 Å². The molecule has 1 aromatic heterocycles. The van der Waals surface area contributed by atoms with Crippen molar-refractivity contribution in [3.63, 3.8) is 0 Å². The summed E-state index contributed by atoms with van der Waals surface area (Å²) >= 11 is 5.80. The Balaban J connectivity index is 2.74. The molecule has 0 aliphatic carbocycles. The molecule has 0 aliphatic rings. The first-order chi connectivity index (χ1) is 6.49. The van der Waals surface area contributed by atoms with Crippen molar-refractivity contribution in [1.82, 2.24) is 9.78 Å². The second kappa shape index (κ2) is 4.28. The normalized spacial score (nSPS) is 11.8. The average molecular weight is 215 g/mol. The zero-order valence-corrected chi connectivity index (χ0v) is 8.75. The van der Waals surface area contributed by atoms with E-state index in [1.165, 1.54) is 0 Å². The molecule has 0 saturated heterocycles. The van der Waals surface area contributed by atoms with Gasteiger partial charge in [0.1, 0.15) is 0 Å². The number of hydrogen-bond acceptors (Lipinski definition) is 2. The second-order valence-corrected chi connectivity index (χ2v) is 3.50. The number of aryl methyl sites for hydroxylation is 1. The monoisotopic (exact) mass is 214 g/mol. The zero-order chi connectivity index (χ0) is 10.7. The molecule has 1 rings (SSSR count). The Bertz CT molecular complexity index is 363. The van der Waals surface area contributed by atoms with Crippen LogP contribution < -0.4 is 0 Å². The van der Waals surface area contributed by atoms with Crippen LogP contribution in [0.5, 0.6) is 0 Å². The van der Waals surface area contributed by atoms with E-state index < -0.39 is 5.97 Å². The molecule has 0 fully saturated rings. The Morgan fingerprint density at radius 3 is 2.86 bits per heavy atom. The Morgan fingerprint density at radius 2 is 2.43 bits per heavy atom. The first-order valence-electron chi connectivity index (χ1n) is 4.08. The van der Waals surface area contributed by atoms with Crippen molar-refractivity contribution in [2.75, 3.05) is 0 Å². The molecule has 0 radical (unpaired) electrons. The SMILES string of the molecule is CC(=CC(=O)O)Cn1cc(Cl)c(C)n1. The molecule has 0 unspecified atom stereocenters. The van der Waals surface area contributed by atoms with Crippen LogP contribution in [0.4, 0.5) is 0 Å². The molecule has 0 bridgehead atoms. The van der Waals surface area contributed by atoms with Crippen LogP contribution >= 0.6 is 11.6 Å². The van der Waals surface area contributed by atoms with Gasteiger partial charge in [-0.05, 0) is 19.4 Å². The largest absolute Gasteiger partial charge is 0.478 e. The van der Waals surface area contributed by atoms with E-state index in [0.29, 0.717) is 11.6 Å². The molecule has 0 atom stereocenters. The molecule has 1 aromatic rings. The molecule has 76 valence electrons. The van der Waals surface area contributed by atoms with Crippen molar-refractivity contribution < 1.29 is 9.90 Å². The molecule has 1 N–H and O–H groups in total. The quantitative estimate of drug-likeness (QED) is 0.782. The van der Waals surface area contributed by atoms with Gasteiger partial charge < -0.3 is 5.11 Å². The van der Waals surface area contributed by atoms with Crippen molar-refractivity contribution in [2.45, 2.75) is 20.4 Å². The van der Waals surface area contributed by atoms with Crippen LogP contribution in [0.3, 0.4) is 0 Å². The number of carboxylic acid groups (broad SMARTS) is 1. The molecule has 0 aliphatic heterocycles. The maximum atomic E-state index is 10.3. The van der Waals surface area contributed by atoms with E-state index in [4.69, 9.17) is 16.7 Å². The summed E-state index contributed by atoms with van der Waals surface area (Å²) in [6, 6.07) is 0. The molecule has 0 spiro atoms. The van der Waals surface area contributed by atoms with E-state index in [-0.39, 0.29) is 0 Å².